The zero-order valence-electron chi connectivity index (χ0n) is 39.4. The molecule has 0 saturated carbocycles. The first kappa shape index (κ1) is 53.1. The molecule has 0 N–H and O–H groups in total. The van der Waals surface area contributed by atoms with Gasteiger partial charge in [0.25, 0.3) is 0 Å². The number of benzene rings is 6. The Morgan fingerprint density at radius 2 is 0.841 bits per heavy atom. The van der Waals surface area contributed by atoms with E-state index in [4.69, 9.17) is 9.47 Å². The zero-order valence-corrected chi connectivity index (χ0v) is 41.1. The van der Waals surface area contributed by atoms with Gasteiger partial charge in [-0.2, -0.15) is 52.7 Å². The van der Waals surface area contributed by atoms with Crippen LogP contribution in [0, 0.1) is 0 Å². The summed E-state index contributed by atoms with van der Waals surface area (Å²) < 4.78 is 189. The van der Waals surface area contributed by atoms with Gasteiger partial charge in [0.05, 0.1) is 43.5 Å². The minimum atomic E-state index is -5.23. The van der Waals surface area contributed by atoms with E-state index in [0.717, 1.165) is 16.3 Å². The van der Waals surface area contributed by atoms with Gasteiger partial charge in [0.2, 0.25) is 0 Å². The molecule has 1 aliphatic heterocycles. The van der Waals surface area contributed by atoms with E-state index in [2.05, 4.69) is 0 Å². The lowest BCUT2D eigenvalue weighted by atomic mass is 9.76. The molecule has 0 spiro atoms. The Morgan fingerprint density at radius 1 is 0.493 bits per heavy atom. The standard InChI is InChI=1S/C53H50F12NO2.BrH/c1-28(36-17-13-15-29-14-11-12-16-37(29)36)66(8)26-40-38(24-42(48(2,3)4)46(67-9)44(40)30-18-32(50(54,55)56)22-33(19-30)51(57,58)59)39-25-43(49(5,6)7)47(68-10)45(41(39)27-66)31-20-34(52(60,61)62)23-35(21-31)53(63,64)65;/h11-25,28H,26-27H2,1-10H3;1H/q+1;/t28-;/m1./s1. The van der Waals surface area contributed by atoms with Gasteiger partial charge in [-0.3, -0.25) is 0 Å². The van der Waals surface area contributed by atoms with Crippen molar-refractivity contribution in [3.8, 4) is 44.9 Å². The van der Waals surface area contributed by atoms with Crippen LogP contribution in [0.3, 0.4) is 0 Å². The molecule has 6 aromatic rings. The summed E-state index contributed by atoms with van der Waals surface area (Å²) in [5, 5.41) is 1.66. The third-order valence-corrected chi connectivity index (χ3v) is 13.1. The van der Waals surface area contributed by atoms with Crippen LogP contribution in [0.4, 0.5) is 52.7 Å². The lowest BCUT2D eigenvalue weighted by Gasteiger charge is -2.41. The molecule has 0 unspecified atom stereocenters. The molecule has 0 fully saturated rings. The van der Waals surface area contributed by atoms with Gasteiger partial charge in [0.15, 0.2) is 0 Å². The van der Waals surface area contributed by atoms with E-state index >= 15 is 0 Å². The van der Waals surface area contributed by atoms with Gasteiger partial charge in [-0.25, -0.2) is 0 Å². The first-order valence-electron chi connectivity index (χ1n) is 21.6. The first-order valence-corrected chi connectivity index (χ1v) is 21.6. The molecule has 16 heteroatoms. The lowest BCUT2D eigenvalue weighted by molar-refractivity contribution is -0.962. The Balaban J connectivity index is 0.00000782. The van der Waals surface area contributed by atoms with Gasteiger partial charge in [0, 0.05) is 38.9 Å². The number of methoxy groups -OCH3 is 2. The minimum absolute atomic E-state index is 0. The van der Waals surface area contributed by atoms with Crippen molar-refractivity contribution < 1.29 is 66.6 Å². The highest BCUT2D eigenvalue weighted by atomic mass is 79.9. The van der Waals surface area contributed by atoms with Gasteiger partial charge in [-0.15, -0.1) is 17.0 Å². The molecule has 0 radical (unpaired) electrons. The molecule has 1 heterocycles. The number of quaternary nitrogens is 1. The Bertz CT molecular complexity index is 2710. The molecule has 3 nitrogen and oxygen atoms in total. The van der Waals surface area contributed by atoms with Crippen LogP contribution in [-0.4, -0.2) is 25.8 Å². The van der Waals surface area contributed by atoms with Gasteiger partial charge >= 0.3 is 24.7 Å². The van der Waals surface area contributed by atoms with Crippen LogP contribution in [0.25, 0.3) is 44.2 Å². The van der Waals surface area contributed by atoms with Crippen molar-refractivity contribution in [3.05, 3.63) is 141 Å². The topological polar surface area (TPSA) is 18.5 Å². The van der Waals surface area contributed by atoms with Crippen LogP contribution in [0.1, 0.15) is 105 Å². The number of hydrogen-bond donors (Lipinski definition) is 0. The van der Waals surface area contributed by atoms with Crippen LogP contribution in [0.2, 0.25) is 0 Å². The molecule has 0 aromatic heterocycles. The fourth-order valence-electron chi connectivity index (χ4n) is 9.57. The summed E-state index contributed by atoms with van der Waals surface area (Å²) in [7, 11) is 4.33. The maximum Gasteiger partial charge on any atom is 0.416 e. The van der Waals surface area contributed by atoms with Crippen LogP contribution < -0.4 is 9.47 Å². The largest absolute Gasteiger partial charge is 0.496 e. The summed E-state index contributed by atoms with van der Waals surface area (Å²) >= 11 is 0. The molecule has 370 valence electrons. The average molecular weight is 1040 g/mol. The van der Waals surface area contributed by atoms with Crippen molar-refractivity contribution >= 4 is 27.8 Å². The third kappa shape index (κ3) is 10.1. The van der Waals surface area contributed by atoms with Crippen molar-refractivity contribution in [3.63, 3.8) is 0 Å². The van der Waals surface area contributed by atoms with E-state index in [9.17, 15) is 52.7 Å². The number of fused-ring (bicyclic) bond motifs is 4. The van der Waals surface area contributed by atoms with E-state index in [-0.39, 0.29) is 91.6 Å². The van der Waals surface area contributed by atoms with Crippen molar-refractivity contribution in [1.82, 2.24) is 0 Å². The molecule has 0 amide bonds. The molecule has 7 rings (SSSR count). The molecule has 0 aliphatic carbocycles. The maximum absolute atomic E-state index is 14.7. The fraction of sp³-hybridized carbons (Fsp3) is 0.358. The Labute approximate surface area is 403 Å². The minimum Gasteiger partial charge on any atom is -0.496 e. The monoisotopic (exact) mass is 1040 g/mol. The van der Waals surface area contributed by atoms with E-state index in [1.807, 2.05) is 49.4 Å². The number of nitrogens with zero attached hydrogens (tertiary/aromatic N) is 1. The van der Waals surface area contributed by atoms with Crippen molar-refractivity contribution in [2.45, 2.75) is 103 Å². The van der Waals surface area contributed by atoms with Crippen molar-refractivity contribution in [2.24, 2.45) is 0 Å². The summed E-state index contributed by atoms with van der Waals surface area (Å²) in [6, 6.07) is 18.6. The van der Waals surface area contributed by atoms with E-state index in [1.54, 1.807) is 60.7 Å². The summed E-state index contributed by atoms with van der Waals surface area (Å²) in [4.78, 5) is 0. The summed E-state index contributed by atoms with van der Waals surface area (Å²) in [6.45, 7) is 12.3. The maximum atomic E-state index is 14.7. The first-order chi connectivity index (χ1) is 31.2. The molecular weight excluding hydrogens is 990 g/mol. The highest BCUT2D eigenvalue weighted by Crippen LogP contribution is 2.56. The average Bonchev–Trinajstić information content (AvgIpc) is 3.35. The summed E-state index contributed by atoms with van der Waals surface area (Å²) in [5.41, 5.74) is -6.65. The second kappa shape index (κ2) is 17.9. The molecular formula is C53H51BrF12NO2+. The van der Waals surface area contributed by atoms with E-state index < -0.39 is 75.0 Å². The molecule has 0 bridgehead atoms. The van der Waals surface area contributed by atoms with Gasteiger partial charge in [-0.1, -0.05) is 84.0 Å². The highest BCUT2D eigenvalue weighted by molar-refractivity contribution is 8.93. The zero-order chi connectivity index (χ0) is 50.5. The number of alkyl halides is 12. The predicted octanol–water partition coefficient (Wildman–Crippen LogP) is 17.3. The van der Waals surface area contributed by atoms with Crippen LogP contribution >= 0.6 is 17.0 Å². The van der Waals surface area contributed by atoms with Gasteiger partial charge in [-0.05, 0) is 99.3 Å². The predicted molar refractivity (Wildman–Crippen MR) is 250 cm³/mol. The normalized spacial score (nSPS) is 14.9. The van der Waals surface area contributed by atoms with Gasteiger partial charge in [0.1, 0.15) is 30.6 Å². The Morgan fingerprint density at radius 3 is 1.17 bits per heavy atom. The quantitative estimate of drug-likeness (QED) is 0.122. The Kier molecular flexibility index (Phi) is 13.8. The Hall–Kier alpha value is -5.22. The summed E-state index contributed by atoms with van der Waals surface area (Å²) in [6.07, 6.45) is -20.9. The number of halogens is 13. The second-order valence-corrected chi connectivity index (χ2v) is 19.8. The highest BCUT2D eigenvalue weighted by Gasteiger charge is 2.45. The van der Waals surface area contributed by atoms with Crippen LogP contribution in [-0.2, 0) is 48.6 Å². The fourth-order valence-corrected chi connectivity index (χ4v) is 9.57. The number of rotatable bonds is 6. The van der Waals surface area contributed by atoms with Crippen LogP contribution in [0.15, 0.2) is 91.0 Å². The molecule has 0 saturated heterocycles. The number of hydrogen-bond acceptors (Lipinski definition) is 2. The van der Waals surface area contributed by atoms with Crippen molar-refractivity contribution in [2.75, 3.05) is 21.3 Å². The second-order valence-electron chi connectivity index (χ2n) is 19.8. The molecule has 69 heavy (non-hydrogen) atoms. The SMILES string of the molecule is Br.COc1c(C(C)(C)C)cc2c(c1-c1cc(C(F)(F)F)cc(C(F)(F)F)c1)C[N+](C)([C@H](C)c1cccc3ccccc13)Cc1c-2cc(C(C)(C)C)c(OC)c1-c1cc(C(F)(F)F)cc(C(F)(F)F)c1. The van der Waals surface area contributed by atoms with E-state index in [1.165, 1.54) is 14.2 Å². The van der Waals surface area contributed by atoms with Crippen molar-refractivity contribution in [1.29, 1.82) is 0 Å². The summed E-state index contributed by atoms with van der Waals surface area (Å²) in [5.74, 6) is -0.0111. The molecule has 1 atom stereocenters. The van der Waals surface area contributed by atoms with E-state index in [0.29, 0.717) is 35.4 Å². The molecule has 1 aliphatic rings. The van der Waals surface area contributed by atoms with Crippen LogP contribution in [0.5, 0.6) is 11.5 Å². The third-order valence-electron chi connectivity index (χ3n) is 13.1. The lowest BCUT2D eigenvalue weighted by Crippen LogP contribution is -2.44. The molecule has 6 aromatic carbocycles. The smallest absolute Gasteiger partial charge is 0.416 e. The van der Waals surface area contributed by atoms with Gasteiger partial charge < -0.3 is 14.0 Å². The number of ether oxygens (including phenoxy) is 2.